The number of benzene rings is 1. The molecule has 0 saturated carbocycles. The quantitative estimate of drug-likeness (QED) is 0.650. The Morgan fingerprint density at radius 3 is 2.30 bits per heavy atom. The van der Waals surface area contributed by atoms with Gasteiger partial charge in [-0.15, -0.1) is 0 Å². The van der Waals surface area contributed by atoms with E-state index >= 15 is 0 Å². The molecule has 20 heavy (non-hydrogen) atoms. The zero-order chi connectivity index (χ0) is 14.9. The topological polar surface area (TPSA) is 106 Å². The van der Waals surface area contributed by atoms with Crippen LogP contribution in [0.15, 0.2) is 27.4 Å². The van der Waals surface area contributed by atoms with Crippen molar-refractivity contribution in [2.45, 2.75) is 6.16 Å². The fourth-order valence-electron chi connectivity index (χ4n) is 1.91. The molecule has 2 aromatic rings. The molecule has 0 bridgehead atoms. The predicted octanol–water partition coefficient (Wildman–Crippen LogP) is 1.49. The van der Waals surface area contributed by atoms with Gasteiger partial charge in [-0.05, 0) is 11.6 Å². The van der Waals surface area contributed by atoms with E-state index in [-0.39, 0.29) is 11.1 Å². The van der Waals surface area contributed by atoms with Gasteiger partial charge in [-0.1, -0.05) is 0 Å². The molecule has 0 fully saturated rings. The van der Waals surface area contributed by atoms with Crippen LogP contribution in [-0.4, -0.2) is 24.0 Å². The molecular formula is C12H13O7P. The molecule has 7 nitrogen and oxygen atoms in total. The van der Waals surface area contributed by atoms with E-state index in [1.165, 1.54) is 26.4 Å². The highest BCUT2D eigenvalue weighted by molar-refractivity contribution is 7.50. The van der Waals surface area contributed by atoms with Gasteiger partial charge in [0.1, 0.15) is 5.58 Å². The highest BCUT2D eigenvalue weighted by atomic mass is 31.2. The molecule has 8 heteroatoms. The number of ether oxygens (including phenoxy) is 2. The van der Waals surface area contributed by atoms with Gasteiger partial charge in [0.2, 0.25) is 0 Å². The third-order valence-corrected chi connectivity index (χ3v) is 3.46. The van der Waals surface area contributed by atoms with Crippen molar-refractivity contribution in [3.8, 4) is 11.5 Å². The Morgan fingerprint density at radius 1 is 1.15 bits per heavy atom. The van der Waals surface area contributed by atoms with Crippen molar-refractivity contribution in [1.82, 2.24) is 0 Å². The molecular weight excluding hydrogens is 287 g/mol. The molecule has 1 aromatic carbocycles. The van der Waals surface area contributed by atoms with Crippen molar-refractivity contribution < 1.29 is 28.2 Å². The Morgan fingerprint density at radius 2 is 1.75 bits per heavy atom. The average molecular weight is 300 g/mol. The zero-order valence-corrected chi connectivity index (χ0v) is 11.7. The zero-order valence-electron chi connectivity index (χ0n) is 10.8. The third kappa shape index (κ3) is 3.01. The number of hydrogen-bond acceptors (Lipinski definition) is 5. The summed E-state index contributed by atoms with van der Waals surface area (Å²) in [6.07, 6.45) is -0.551. The highest BCUT2D eigenvalue weighted by Gasteiger charge is 2.19. The second-order valence-corrected chi connectivity index (χ2v) is 5.76. The molecule has 0 aliphatic heterocycles. The van der Waals surface area contributed by atoms with Crippen molar-refractivity contribution >= 4 is 18.6 Å². The molecule has 108 valence electrons. The first kappa shape index (κ1) is 14.6. The summed E-state index contributed by atoms with van der Waals surface area (Å²) in [6, 6.07) is 4.02. The van der Waals surface area contributed by atoms with Crippen molar-refractivity contribution in [2.24, 2.45) is 0 Å². The Hall–Kier alpha value is -1.82. The predicted molar refractivity (Wildman–Crippen MR) is 71.3 cm³/mol. The Kier molecular flexibility index (Phi) is 3.85. The molecule has 0 saturated heterocycles. The summed E-state index contributed by atoms with van der Waals surface area (Å²) < 4.78 is 26.4. The van der Waals surface area contributed by atoms with Crippen molar-refractivity contribution in [3.63, 3.8) is 0 Å². The van der Waals surface area contributed by atoms with Crippen LogP contribution in [0.5, 0.6) is 11.5 Å². The minimum Gasteiger partial charge on any atom is -0.493 e. The normalized spacial score (nSPS) is 11.6. The summed E-state index contributed by atoms with van der Waals surface area (Å²) in [7, 11) is -1.44. The van der Waals surface area contributed by atoms with Crippen LogP contribution in [0.2, 0.25) is 0 Å². The lowest BCUT2D eigenvalue weighted by molar-refractivity contribution is 0.355. The van der Waals surface area contributed by atoms with Crippen LogP contribution in [0, 0.1) is 0 Å². The summed E-state index contributed by atoms with van der Waals surface area (Å²) in [6.45, 7) is 0. The number of fused-ring (bicyclic) bond motifs is 1. The maximum Gasteiger partial charge on any atom is 0.336 e. The van der Waals surface area contributed by atoms with E-state index in [1.807, 2.05) is 0 Å². The fourth-order valence-corrected chi connectivity index (χ4v) is 2.61. The summed E-state index contributed by atoms with van der Waals surface area (Å²) in [5.41, 5.74) is -0.308. The average Bonchev–Trinajstić information content (AvgIpc) is 2.35. The van der Waals surface area contributed by atoms with E-state index in [0.29, 0.717) is 16.9 Å². The lowest BCUT2D eigenvalue weighted by atomic mass is 10.1. The molecule has 1 aromatic heterocycles. The minimum absolute atomic E-state index is 0.179. The molecule has 1 heterocycles. The van der Waals surface area contributed by atoms with E-state index in [1.54, 1.807) is 0 Å². The van der Waals surface area contributed by atoms with Gasteiger partial charge in [-0.2, -0.15) is 0 Å². The van der Waals surface area contributed by atoms with E-state index in [4.69, 9.17) is 23.7 Å². The minimum atomic E-state index is -4.31. The fraction of sp³-hybridized carbons (Fsp3) is 0.250. The Bertz CT molecular complexity index is 743. The number of methoxy groups -OCH3 is 2. The first-order chi connectivity index (χ1) is 9.34. The molecule has 2 N–H and O–H groups in total. The lowest BCUT2D eigenvalue weighted by Crippen LogP contribution is -2.02. The van der Waals surface area contributed by atoms with Gasteiger partial charge in [-0.3, -0.25) is 4.57 Å². The van der Waals surface area contributed by atoms with Crippen LogP contribution >= 0.6 is 7.60 Å². The SMILES string of the molecule is COc1cc2oc(=O)cc(CP(=O)(O)O)c2cc1OC. The van der Waals surface area contributed by atoms with Gasteiger partial charge in [0.05, 0.1) is 20.4 Å². The lowest BCUT2D eigenvalue weighted by Gasteiger charge is -2.11. The van der Waals surface area contributed by atoms with Crippen LogP contribution in [0.3, 0.4) is 0 Å². The van der Waals surface area contributed by atoms with Gasteiger partial charge in [0.15, 0.2) is 11.5 Å². The van der Waals surface area contributed by atoms with Gasteiger partial charge in [0, 0.05) is 17.5 Å². The van der Waals surface area contributed by atoms with Crippen LogP contribution in [0.25, 0.3) is 11.0 Å². The van der Waals surface area contributed by atoms with Crippen LogP contribution in [0.1, 0.15) is 5.56 Å². The van der Waals surface area contributed by atoms with E-state index in [2.05, 4.69) is 0 Å². The van der Waals surface area contributed by atoms with Gasteiger partial charge in [0.25, 0.3) is 0 Å². The summed E-state index contributed by atoms with van der Waals surface area (Å²) in [5.74, 6) is 0.734. The molecule has 0 amide bonds. The van der Waals surface area contributed by atoms with E-state index in [0.717, 1.165) is 6.07 Å². The second-order valence-electron chi connectivity index (χ2n) is 4.12. The second kappa shape index (κ2) is 5.28. The molecule has 0 radical (unpaired) electrons. The first-order valence-electron chi connectivity index (χ1n) is 5.57. The number of rotatable bonds is 4. The molecule has 0 unspecified atom stereocenters. The standard InChI is InChI=1S/C12H13O7P/c1-17-10-4-8-7(6-20(14,15)16)3-12(13)19-9(8)5-11(10)18-2/h3-5H,6H2,1-2H3,(H2,14,15,16). The van der Waals surface area contributed by atoms with Gasteiger partial charge in [-0.25, -0.2) is 4.79 Å². The van der Waals surface area contributed by atoms with Crippen molar-refractivity contribution in [3.05, 3.63) is 34.2 Å². The maximum atomic E-state index is 11.5. The Labute approximate surface area is 113 Å². The van der Waals surface area contributed by atoms with Crippen LogP contribution in [0.4, 0.5) is 0 Å². The smallest absolute Gasteiger partial charge is 0.336 e. The monoisotopic (exact) mass is 300 g/mol. The molecule has 0 spiro atoms. The largest absolute Gasteiger partial charge is 0.493 e. The highest BCUT2D eigenvalue weighted by Crippen LogP contribution is 2.42. The van der Waals surface area contributed by atoms with Gasteiger partial charge < -0.3 is 23.7 Å². The third-order valence-electron chi connectivity index (χ3n) is 2.71. The van der Waals surface area contributed by atoms with Gasteiger partial charge >= 0.3 is 13.2 Å². The van der Waals surface area contributed by atoms with Crippen LogP contribution < -0.4 is 15.1 Å². The summed E-state index contributed by atoms with van der Waals surface area (Å²) in [5, 5.41) is 0.394. The summed E-state index contributed by atoms with van der Waals surface area (Å²) >= 11 is 0. The van der Waals surface area contributed by atoms with E-state index < -0.39 is 19.4 Å². The molecule has 0 aliphatic rings. The van der Waals surface area contributed by atoms with E-state index in [9.17, 15) is 9.36 Å². The molecule has 0 aliphatic carbocycles. The van der Waals surface area contributed by atoms with Crippen molar-refractivity contribution in [2.75, 3.05) is 14.2 Å². The molecule has 2 rings (SSSR count). The van der Waals surface area contributed by atoms with Crippen molar-refractivity contribution in [1.29, 1.82) is 0 Å². The first-order valence-corrected chi connectivity index (χ1v) is 7.37. The van der Waals surface area contributed by atoms with Crippen LogP contribution in [-0.2, 0) is 10.7 Å². The Balaban J connectivity index is 2.75. The maximum absolute atomic E-state index is 11.5. The summed E-state index contributed by atoms with van der Waals surface area (Å²) in [4.78, 5) is 29.6. The number of hydrogen-bond donors (Lipinski definition) is 2. The molecule has 0 atom stereocenters.